The van der Waals surface area contributed by atoms with Gasteiger partial charge in [0.2, 0.25) is 5.91 Å². The highest BCUT2D eigenvalue weighted by Crippen LogP contribution is 2.22. The molecule has 0 aliphatic heterocycles. The van der Waals surface area contributed by atoms with E-state index in [1.807, 2.05) is 57.9 Å². The summed E-state index contributed by atoms with van der Waals surface area (Å²) in [7, 11) is 0. The standard InChI is InChI=1S/C19H18ClN3O2S2/c1-13(24)21-16(17-7-4-9-26-17)11-18(25)22-19-23(8-10-27-19)12-14-5-2-3-6-15(14)20/h2-10,16H,11-12H2,1H3,(H,21,24). The van der Waals surface area contributed by atoms with Crippen molar-refractivity contribution in [2.45, 2.75) is 25.9 Å². The predicted octanol–water partition coefficient (Wildman–Crippen LogP) is 4.01. The molecule has 0 spiro atoms. The van der Waals surface area contributed by atoms with E-state index in [0.29, 0.717) is 16.4 Å². The molecular weight excluding hydrogens is 402 g/mol. The zero-order valence-electron chi connectivity index (χ0n) is 14.6. The third-order valence-corrected chi connectivity index (χ3v) is 5.97. The summed E-state index contributed by atoms with van der Waals surface area (Å²) in [4.78, 5) is 29.8. The molecule has 0 saturated heterocycles. The maximum atomic E-state index is 12.5. The Morgan fingerprint density at radius 2 is 2.00 bits per heavy atom. The van der Waals surface area contributed by atoms with Crippen molar-refractivity contribution in [1.82, 2.24) is 9.88 Å². The molecule has 3 rings (SSSR count). The highest BCUT2D eigenvalue weighted by atomic mass is 35.5. The van der Waals surface area contributed by atoms with E-state index in [2.05, 4.69) is 10.3 Å². The Hall–Kier alpha value is -2.22. The molecule has 0 saturated carbocycles. The summed E-state index contributed by atoms with van der Waals surface area (Å²) in [5.74, 6) is -0.455. The fourth-order valence-electron chi connectivity index (χ4n) is 2.60. The molecule has 2 amide bonds. The van der Waals surface area contributed by atoms with Crippen LogP contribution in [0.15, 0.2) is 58.3 Å². The van der Waals surface area contributed by atoms with Crippen molar-refractivity contribution in [1.29, 1.82) is 0 Å². The van der Waals surface area contributed by atoms with Gasteiger partial charge in [-0.2, -0.15) is 4.99 Å². The number of halogens is 1. The Labute approximate surface area is 170 Å². The van der Waals surface area contributed by atoms with Crippen LogP contribution in [-0.4, -0.2) is 16.4 Å². The number of nitrogens with one attached hydrogen (secondary N) is 1. The largest absolute Gasteiger partial charge is 0.348 e. The summed E-state index contributed by atoms with van der Waals surface area (Å²) in [5, 5.41) is 7.30. The third kappa shape index (κ3) is 5.38. The second-order valence-electron chi connectivity index (χ2n) is 5.88. The summed E-state index contributed by atoms with van der Waals surface area (Å²) in [6.45, 7) is 1.98. The number of thiophene rings is 1. The van der Waals surface area contributed by atoms with Gasteiger partial charge in [0.15, 0.2) is 4.80 Å². The summed E-state index contributed by atoms with van der Waals surface area (Å²) >= 11 is 9.12. The molecule has 1 atom stereocenters. The maximum Gasteiger partial charge on any atom is 0.250 e. The average molecular weight is 420 g/mol. The van der Waals surface area contributed by atoms with Crippen LogP contribution in [0.1, 0.15) is 29.8 Å². The smallest absolute Gasteiger partial charge is 0.250 e. The topological polar surface area (TPSA) is 63.5 Å². The number of carbonyl (C=O) groups is 2. The van der Waals surface area contributed by atoms with Crippen molar-refractivity contribution in [3.05, 3.63) is 73.6 Å². The molecule has 2 aromatic heterocycles. The van der Waals surface area contributed by atoms with E-state index < -0.39 is 0 Å². The summed E-state index contributed by atoms with van der Waals surface area (Å²) < 4.78 is 1.89. The van der Waals surface area contributed by atoms with E-state index in [0.717, 1.165) is 10.4 Å². The Morgan fingerprint density at radius 3 is 2.70 bits per heavy atom. The van der Waals surface area contributed by atoms with E-state index in [9.17, 15) is 9.59 Å². The van der Waals surface area contributed by atoms with E-state index in [1.165, 1.54) is 29.6 Å². The summed E-state index contributed by atoms with van der Waals surface area (Å²) in [6.07, 6.45) is 1.99. The lowest BCUT2D eigenvalue weighted by Crippen LogP contribution is -2.27. The van der Waals surface area contributed by atoms with E-state index >= 15 is 0 Å². The molecular formula is C19H18ClN3O2S2. The Bertz CT molecular complexity index is 992. The van der Waals surface area contributed by atoms with Gasteiger partial charge >= 0.3 is 0 Å². The number of aromatic nitrogens is 1. The monoisotopic (exact) mass is 419 g/mol. The molecule has 0 radical (unpaired) electrons. The minimum absolute atomic E-state index is 0.115. The molecule has 1 unspecified atom stereocenters. The molecule has 0 fully saturated rings. The third-order valence-electron chi connectivity index (χ3n) is 3.82. The maximum absolute atomic E-state index is 12.5. The predicted molar refractivity (Wildman–Crippen MR) is 109 cm³/mol. The normalized spacial score (nSPS) is 12.7. The summed E-state index contributed by atoms with van der Waals surface area (Å²) in [5.41, 5.74) is 0.959. The van der Waals surface area contributed by atoms with Crippen LogP contribution < -0.4 is 10.1 Å². The second-order valence-corrected chi connectivity index (χ2v) is 8.14. The van der Waals surface area contributed by atoms with E-state index in [-0.39, 0.29) is 24.3 Å². The Kier molecular flexibility index (Phi) is 6.60. The first-order valence-corrected chi connectivity index (χ1v) is 10.4. The lowest BCUT2D eigenvalue weighted by molar-refractivity contribution is -0.121. The molecule has 2 heterocycles. The van der Waals surface area contributed by atoms with Crippen molar-refractivity contribution < 1.29 is 9.59 Å². The summed E-state index contributed by atoms with van der Waals surface area (Å²) in [6, 6.07) is 11.0. The number of nitrogens with zero attached hydrogens (tertiary/aromatic N) is 2. The fraction of sp³-hybridized carbons (Fsp3) is 0.211. The number of thiazole rings is 1. The van der Waals surface area contributed by atoms with Crippen molar-refractivity contribution in [2.75, 3.05) is 0 Å². The first-order chi connectivity index (χ1) is 13.0. The van der Waals surface area contributed by atoms with Crippen molar-refractivity contribution in [3.63, 3.8) is 0 Å². The van der Waals surface area contributed by atoms with Crippen LogP contribution in [0.3, 0.4) is 0 Å². The molecule has 8 heteroatoms. The molecule has 1 N–H and O–H groups in total. The van der Waals surface area contributed by atoms with E-state index in [4.69, 9.17) is 11.6 Å². The lowest BCUT2D eigenvalue weighted by atomic mass is 10.1. The van der Waals surface area contributed by atoms with Gasteiger partial charge in [0.1, 0.15) is 0 Å². The van der Waals surface area contributed by atoms with Crippen LogP contribution in [0.25, 0.3) is 0 Å². The van der Waals surface area contributed by atoms with Crippen molar-refractivity contribution in [3.8, 4) is 0 Å². The van der Waals surface area contributed by atoms with Crippen molar-refractivity contribution in [2.24, 2.45) is 4.99 Å². The fourth-order valence-corrected chi connectivity index (χ4v) is 4.32. The molecule has 27 heavy (non-hydrogen) atoms. The van der Waals surface area contributed by atoms with Gasteiger partial charge in [0.05, 0.1) is 19.0 Å². The van der Waals surface area contributed by atoms with Crippen LogP contribution in [0.2, 0.25) is 5.02 Å². The minimum Gasteiger partial charge on any atom is -0.348 e. The molecule has 0 bridgehead atoms. The first kappa shape index (κ1) is 19.5. The van der Waals surface area contributed by atoms with Gasteiger partial charge in [-0.3, -0.25) is 9.59 Å². The molecule has 3 aromatic rings. The van der Waals surface area contributed by atoms with Crippen LogP contribution in [0.4, 0.5) is 0 Å². The molecule has 0 aliphatic carbocycles. The second kappa shape index (κ2) is 9.12. The van der Waals surface area contributed by atoms with Crippen LogP contribution >= 0.6 is 34.3 Å². The Balaban J connectivity index is 1.78. The van der Waals surface area contributed by atoms with Gasteiger partial charge in [0, 0.05) is 28.4 Å². The number of rotatable bonds is 6. The van der Waals surface area contributed by atoms with Crippen LogP contribution in [-0.2, 0) is 16.1 Å². The van der Waals surface area contributed by atoms with E-state index in [1.54, 1.807) is 0 Å². The molecule has 0 aliphatic rings. The number of benzene rings is 1. The average Bonchev–Trinajstić information content (AvgIpc) is 3.28. The number of carbonyl (C=O) groups excluding carboxylic acids is 2. The minimum atomic E-state index is -0.365. The van der Waals surface area contributed by atoms with Gasteiger partial charge < -0.3 is 9.88 Å². The Morgan fingerprint density at radius 1 is 1.19 bits per heavy atom. The zero-order valence-corrected chi connectivity index (χ0v) is 17.0. The highest BCUT2D eigenvalue weighted by molar-refractivity contribution is 7.10. The van der Waals surface area contributed by atoms with Crippen LogP contribution in [0.5, 0.6) is 0 Å². The molecule has 140 valence electrons. The lowest BCUT2D eigenvalue weighted by Gasteiger charge is -2.14. The van der Waals surface area contributed by atoms with Gasteiger partial charge in [-0.05, 0) is 23.1 Å². The van der Waals surface area contributed by atoms with Gasteiger partial charge in [0.25, 0.3) is 5.91 Å². The number of hydrogen-bond acceptors (Lipinski definition) is 4. The van der Waals surface area contributed by atoms with Gasteiger partial charge in [-0.1, -0.05) is 35.9 Å². The SMILES string of the molecule is CC(=O)NC(CC(=O)N=c1sccn1Cc1ccccc1Cl)c1cccs1. The quantitative estimate of drug-likeness (QED) is 0.656. The highest BCUT2D eigenvalue weighted by Gasteiger charge is 2.18. The van der Waals surface area contributed by atoms with Crippen LogP contribution in [0, 0.1) is 0 Å². The van der Waals surface area contributed by atoms with Gasteiger partial charge in [-0.25, -0.2) is 0 Å². The zero-order chi connectivity index (χ0) is 19.2. The number of hydrogen-bond donors (Lipinski definition) is 1. The number of amides is 2. The molecule has 5 nitrogen and oxygen atoms in total. The van der Waals surface area contributed by atoms with Crippen molar-refractivity contribution >= 4 is 46.1 Å². The first-order valence-electron chi connectivity index (χ1n) is 8.28. The molecule has 1 aromatic carbocycles. The van der Waals surface area contributed by atoms with Gasteiger partial charge in [-0.15, -0.1) is 22.7 Å².